The summed E-state index contributed by atoms with van der Waals surface area (Å²) >= 11 is 0. The Bertz CT molecular complexity index is 415. The van der Waals surface area contributed by atoms with Crippen molar-refractivity contribution in [3.05, 3.63) is 17.8 Å². The van der Waals surface area contributed by atoms with E-state index in [1.807, 2.05) is 13.1 Å². The van der Waals surface area contributed by atoms with Crippen LogP contribution in [0.5, 0.6) is 0 Å². The van der Waals surface area contributed by atoms with E-state index in [0.717, 1.165) is 19.6 Å². The summed E-state index contributed by atoms with van der Waals surface area (Å²) in [4.78, 5) is 6.26. The van der Waals surface area contributed by atoms with Gasteiger partial charge >= 0.3 is 0 Å². The summed E-state index contributed by atoms with van der Waals surface area (Å²) in [6, 6.07) is 3.62. The normalized spacial score (nSPS) is 10.3. The minimum absolute atomic E-state index is 0.468. The Balaban J connectivity index is 2.38. The predicted molar refractivity (Wildman–Crippen MR) is 71.2 cm³/mol. The molecule has 1 aromatic rings. The molecule has 1 heterocycles. The van der Waals surface area contributed by atoms with E-state index in [-0.39, 0.29) is 0 Å². The Labute approximate surface area is 107 Å². The van der Waals surface area contributed by atoms with E-state index in [1.54, 1.807) is 13.2 Å². The molecular formula is C12H19N5O. The number of hydrogen-bond donors (Lipinski definition) is 2. The molecule has 0 spiro atoms. The van der Waals surface area contributed by atoms with Gasteiger partial charge in [0.05, 0.1) is 17.9 Å². The minimum atomic E-state index is 0.468. The first kappa shape index (κ1) is 14.2. The molecule has 3 N–H and O–H groups in total. The minimum Gasteiger partial charge on any atom is -0.396 e. The number of likely N-dealkylation sites (N-methyl/N-ethyl adjacent to an activating group) is 1. The predicted octanol–water partition coefficient (Wildman–Crippen LogP) is 0.526. The molecule has 6 heteroatoms. The molecule has 1 rings (SSSR count). The molecular weight excluding hydrogens is 230 g/mol. The summed E-state index contributed by atoms with van der Waals surface area (Å²) < 4.78 is 5.00. The molecule has 0 amide bonds. The molecule has 0 bridgehead atoms. The van der Waals surface area contributed by atoms with Crippen LogP contribution in [0.1, 0.15) is 5.56 Å². The van der Waals surface area contributed by atoms with Crippen LogP contribution >= 0.6 is 0 Å². The zero-order valence-electron chi connectivity index (χ0n) is 10.8. The van der Waals surface area contributed by atoms with Crippen molar-refractivity contribution in [2.75, 3.05) is 51.4 Å². The number of nitrogens with zero attached hydrogens (tertiary/aromatic N) is 3. The number of hydrogen-bond acceptors (Lipinski definition) is 6. The number of nitrogen functional groups attached to an aromatic ring is 1. The Kier molecular flexibility index (Phi) is 5.91. The van der Waals surface area contributed by atoms with Gasteiger partial charge < -0.3 is 20.7 Å². The number of nitrogens with one attached hydrogen (secondary N) is 1. The fraction of sp³-hybridized carbons (Fsp3) is 0.500. The highest BCUT2D eigenvalue weighted by atomic mass is 16.5. The first-order valence-electron chi connectivity index (χ1n) is 5.74. The maximum atomic E-state index is 8.70. The molecule has 0 saturated carbocycles. The summed E-state index contributed by atoms with van der Waals surface area (Å²) in [6.45, 7) is 3.20. The lowest BCUT2D eigenvalue weighted by molar-refractivity contribution is 0.163. The second-order valence-electron chi connectivity index (χ2n) is 4.00. The molecule has 0 aliphatic rings. The van der Waals surface area contributed by atoms with Crippen molar-refractivity contribution in [3.63, 3.8) is 0 Å². The molecule has 0 radical (unpaired) electrons. The van der Waals surface area contributed by atoms with E-state index in [9.17, 15) is 0 Å². The topological polar surface area (TPSA) is 87.2 Å². The molecule has 6 nitrogen and oxygen atoms in total. The molecule has 0 unspecified atom stereocenters. The second kappa shape index (κ2) is 7.48. The number of nitrogens with two attached hydrogens (primary N) is 1. The van der Waals surface area contributed by atoms with Crippen LogP contribution < -0.4 is 11.1 Å². The van der Waals surface area contributed by atoms with Crippen LogP contribution in [0.4, 0.5) is 11.5 Å². The Morgan fingerprint density at radius 1 is 1.56 bits per heavy atom. The molecule has 18 heavy (non-hydrogen) atoms. The Morgan fingerprint density at radius 2 is 2.33 bits per heavy atom. The lowest BCUT2D eigenvalue weighted by Gasteiger charge is -2.16. The summed E-state index contributed by atoms with van der Waals surface area (Å²) in [5, 5.41) is 11.8. The monoisotopic (exact) mass is 249 g/mol. The fourth-order valence-corrected chi connectivity index (χ4v) is 1.41. The fourth-order valence-electron chi connectivity index (χ4n) is 1.41. The number of pyridine rings is 1. The molecule has 98 valence electrons. The summed E-state index contributed by atoms with van der Waals surface area (Å²) in [5.74, 6) is 0.620. The zero-order chi connectivity index (χ0) is 13.4. The number of nitriles is 1. The lowest BCUT2D eigenvalue weighted by Crippen LogP contribution is -2.28. The van der Waals surface area contributed by atoms with Crippen LogP contribution in [0, 0.1) is 11.3 Å². The molecule has 0 atom stereocenters. The first-order valence-corrected chi connectivity index (χ1v) is 5.74. The molecule has 0 saturated heterocycles. The third-order valence-electron chi connectivity index (χ3n) is 2.51. The van der Waals surface area contributed by atoms with Crippen molar-refractivity contribution in [1.82, 2.24) is 9.88 Å². The summed E-state index contributed by atoms with van der Waals surface area (Å²) in [5.41, 5.74) is 6.75. The van der Waals surface area contributed by atoms with Crippen LogP contribution in [0.3, 0.4) is 0 Å². The third kappa shape index (κ3) is 4.57. The average molecular weight is 249 g/mol. The summed E-state index contributed by atoms with van der Waals surface area (Å²) in [6.07, 6.45) is 1.51. The number of anilines is 2. The Hall–Kier alpha value is -1.84. The average Bonchev–Trinajstić information content (AvgIpc) is 2.38. The van der Waals surface area contributed by atoms with Crippen LogP contribution in [-0.4, -0.2) is 50.3 Å². The van der Waals surface area contributed by atoms with E-state index >= 15 is 0 Å². The van der Waals surface area contributed by atoms with E-state index in [0.29, 0.717) is 23.7 Å². The number of rotatable bonds is 7. The van der Waals surface area contributed by atoms with Gasteiger partial charge in [0.15, 0.2) is 0 Å². The van der Waals surface area contributed by atoms with Gasteiger partial charge in [-0.3, -0.25) is 0 Å². The van der Waals surface area contributed by atoms with Crippen LogP contribution in [0.2, 0.25) is 0 Å². The van der Waals surface area contributed by atoms with E-state index in [2.05, 4.69) is 15.2 Å². The number of aromatic nitrogens is 1. The maximum Gasteiger partial charge on any atom is 0.149 e. The highest BCUT2D eigenvalue weighted by molar-refractivity contribution is 5.62. The largest absolute Gasteiger partial charge is 0.396 e. The van der Waals surface area contributed by atoms with Crippen molar-refractivity contribution in [1.29, 1.82) is 5.26 Å². The van der Waals surface area contributed by atoms with Gasteiger partial charge in [-0.25, -0.2) is 4.98 Å². The Morgan fingerprint density at radius 3 is 2.94 bits per heavy atom. The van der Waals surface area contributed by atoms with E-state index in [4.69, 9.17) is 15.7 Å². The van der Waals surface area contributed by atoms with E-state index < -0.39 is 0 Å². The van der Waals surface area contributed by atoms with Gasteiger partial charge in [0, 0.05) is 32.9 Å². The summed E-state index contributed by atoms with van der Waals surface area (Å²) in [7, 11) is 3.71. The van der Waals surface area contributed by atoms with E-state index in [1.165, 1.54) is 6.20 Å². The van der Waals surface area contributed by atoms with Crippen molar-refractivity contribution in [2.24, 2.45) is 0 Å². The molecule has 0 aliphatic heterocycles. The third-order valence-corrected chi connectivity index (χ3v) is 2.51. The standard InChI is InChI=1S/C12H19N5O/c1-17(5-6-18-2)4-3-15-12-11(14)7-10(8-13)9-16-12/h7,9H,3-6,14H2,1-2H3,(H,15,16). The van der Waals surface area contributed by atoms with Gasteiger partial charge in [-0.2, -0.15) is 5.26 Å². The van der Waals surface area contributed by atoms with Crippen molar-refractivity contribution in [3.8, 4) is 6.07 Å². The highest BCUT2D eigenvalue weighted by Crippen LogP contribution is 2.15. The molecule has 0 fully saturated rings. The van der Waals surface area contributed by atoms with Gasteiger partial charge in [0.2, 0.25) is 0 Å². The van der Waals surface area contributed by atoms with Gasteiger partial charge in [-0.1, -0.05) is 0 Å². The SMILES string of the molecule is COCCN(C)CCNc1ncc(C#N)cc1N. The van der Waals surface area contributed by atoms with Gasteiger partial charge in [0.25, 0.3) is 0 Å². The number of methoxy groups -OCH3 is 1. The smallest absolute Gasteiger partial charge is 0.149 e. The van der Waals surface area contributed by atoms with Gasteiger partial charge in [-0.15, -0.1) is 0 Å². The van der Waals surface area contributed by atoms with Gasteiger partial charge in [0.1, 0.15) is 11.9 Å². The zero-order valence-corrected chi connectivity index (χ0v) is 10.8. The van der Waals surface area contributed by atoms with Crippen LogP contribution in [-0.2, 0) is 4.74 Å². The van der Waals surface area contributed by atoms with Crippen LogP contribution in [0.15, 0.2) is 12.3 Å². The van der Waals surface area contributed by atoms with Crippen molar-refractivity contribution >= 4 is 11.5 Å². The number of ether oxygens (including phenoxy) is 1. The highest BCUT2D eigenvalue weighted by Gasteiger charge is 2.02. The molecule has 0 aromatic carbocycles. The van der Waals surface area contributed by atoms with Gasteiger partial charge in [-0.05, 0) is 13.1 Å². The molecule has 1 aromatic heterocycles. The maximum absolute atomic E-state index is 8.70. The quantitative estimate of drug-likeness (QED) is 0.732. The first-order chi connectivity index (χ1) is 8.67. The van der Waals surface area contributed by atoms with Crippen LogP contribution in [0.25, 0.3) is 0 Å². The van der Waals surface area contributed by atoms with Crippen molar-refractivity contribution in [2.45, 2.75) is 0 Å². The van der Waals surface area contributed by atoms with Crippen molar-refractivity contribution < 1.29 is 4.74 Å². The molecule has 0 aliphatic carbocycles. The lowest BCUT2D eigenvalue weighted by atomic mass is 10.3. The second-order valence-corrected chi connectivity index (χ2v) is 4.00.